The van der Waals surface area contributed by atoms with Crippen molar-refractivity contribution in [2.24, 2.45) is 0 Å². The summed E-state index contributed by atoms with van der Waals surface area (Å²) in [6, 6.07) is 18.7. The Balaban J connectivity index is 1.68. The van der Waals surface area contributed by atoms with Crippen LogP contribution in [0.3, 0.4) is 0 Å². The Labute approximate surface area is 113 Å². The van der Waals surface area contributed by atoms with E-state index >= 15 is 0 Å². The monoisotopic (exact) mass is 251 g/mol. The predicted molar refractivity (Wildman–Crippen MR) is 78.6 cm³/mol. The number of fused-ring (bicyclic) bond motifs is 1. The molecule has 3 rings (SSSR count). The molecule has 0 radical (unpaired) electrons. The van der Waals surface area contributed by atoms with Crippen LogP contribution in [-0.2, 0) is 6.54 Å². The van der Waals surface area contributed by atoms with Crippen molar-refractivity contribution < 1.29 is 4.74 Å². The van der Waals surface area contributed by atoms with Crippen LogP contribution < -0.4 is 4.74 Å². The molecule has 0 saturated carbocycles. The first-order valence-corrected chi connectivity index (χ1v) is 6.57. The number of aromatic nitrogens is 1. The van der Waals surface area contributed by atoms with E-state index in [1.165, 1.54) is 16.5 Å². The topological polar surface area (TPSA) is 14.2 Å². The van der Waals surface area contributed by atoms with Gasteiger partial charge in [-0.1, -0.05) is 36.4 Å². The maximum absolute atomic E-state index is 5.84. The second kappa shape index (κ2) is 5.19. The van der Waals surface area contributed by atoms with Crippen LogP contribution in [0.15, 0.2) is 60.8 Å². The molecule has 1 heterocycles. The van der Waals surface area contributed by atoms with Crippen LogP contribution in [0.1, 0.15) is 5.56 Å². The van der Waals surface area contributed by atoms with Gasteiger partial charge in [0.2, 0.25) is 0 Å². The molecule has 0 aliphatic rings. The maximum Gasteiger partial charge on any atom is 0.122 e. The first kappa shape index (κ1) is 11.8. The number of ether oxygens (including phenoxy) is 1. The summed E-state index contributed by atoms with van der Waals surface area (Å²) >= 11 is 0. The number of nitrogens with zero attached hydrogens (tertiary/aromatic N) is 1. The third-order valence-electron chi connectivity index (χ3n) is 3.36. The zero-order valence-corrected chi connectivity index (χ0v) is 11.0. The molecule has 0 aliphatic carbocycles. The Hall–Kier alpha value is -2.22. The quantitative estimate of drug-likeness (QED) is 0.683. The number of aryl methyl sites for hydroxylation is 1. The van der Waals surface area contributed by atoms with E-state index in [0.717, 1.165) is 12.3 Å². The van der Waals surface area contributed by atoms with Crippen molar-refractivity contribution in [1.29, 1.82) is 0 Å². The fourth-order valence-electron chi connectivity index (χ4n) is 2.31. The summed E-state index contributed by atoms with van der Waals surface area (Å²) in [6.07, 6.45) is 2.12. The molecule has 0 bridgehead atoms. The molecule has 0 atom stereocenters. The lowest BCUT2D eigenvalue weighted by molar-refractivity contribution is 0.298. The molecular weight excluding hydrogens is 234 g/mol. The van der Waals surface area contributed by atoms with Crippen molar-refractivity contribution in [3.63, 3.8) is 0 Å². The van der Waals surface area contributed by atoms with Gasteiger partial charge in [-0.3, -0.25) is 0 Å². The molecule has 0 fully saturated rings. The van der Waals surface area contributed by atoms with Gasteiger partial charge in [0.15, 0.2) is 0 Å². The summed E-state index contributed by atoms with van der Waals surface area (Å²) in [5.74, 6) is 0.971. The van der Waals surface area contributed by atoms with Crippen LogP contribution in [0.25, 0.3) is 10.9 Å². The van der Waals surface area contributed by atoms with E-state index in [0.29, 0.717) is 6.61 Å². The second-order valence-corrected chi connectivity index (χ2v) is 4.68. The van der Waals surface area contributed by atoms with Crippen molar-refractivity contribution in [2.75, 3.05) is 6.61 Å². The molecule has 0 aliphatic heterocycles. The Kier molecular flexibility index (Phi) is 3.23. The number of rotatable bonds is 4. The third kappa shape index (κ3) is 2.48. The van der Waals surface area contributed by atoms with Gasteiger partial charge in [-0.05, 0) is 36.1 Å². The zero-order chi connectivity index (χ0) is 13.1. The highest BCUT2D eigenvalue weighted by Gasteiger charge is 2.01. The van der Waals surface area contributed by atoms with E-state index in [4.69, 9.17) is 4.74 Å². The second-order valence-electron chi connectivity index (χ2n) is 4.68. The Morgan fingerprint density at radius 2 is 1.74 bits per heavy atom. The standard InChI is InChI=1S/C17H17NO/c1-14-6-2-5-9-17(14)19-13-12-18-11-10-15-7-3-4-8-16(15)18/h2-11H,12-13H2,1H3. The van der Waals surface area contributed by atoms with Gasteiger partial charge in [-0.2, -0.15) is 0 Å². The highest BCUT2D eigenvalue weighted by atomic mass is 16.5. The first-order valence-electron chi connectivity index (χ1n) is 6.57. The lowest BCUT2D eigenvalue weighted by atomic mass is 10.2. The van der Waals surface area contributed by atoms with E-state index in [1.807, 2.05) is 18.2 Å². The minimum Gasteiger partial charge on any atom is -0.491 e. The average Bonchev–Trinajstić information content (AvgIpc) is 2.85. The molecule has 0 N–H and O–H groups in total. The molecule has 0 amide bonds. The van der Waals surface area contributed by atoms with Gasteiger partial charge < -0.3 is 9.30 Å². The molecule has 0 unspecified atom stereocenters. The predicted octanol–water partition coefficient (Wildman–Crippen LogP) is 4.03. The highest BCUT2D eigenvalue weighted by molar-refractivity contribution is 5.79. The largest absolute Gasteiger partial charge is 0.491 e. The fraction of sp³-hybridized carbons (Fsp3) is 0.176. The fourth-order valence-corrected chi connectivity index (χ4v) is 2.31. The Morgan fingerprint density at radius 3 is 2.63 bits per heavy atom. The Morgan fingerprint density at radius 1 is 0.947 bits per heavy atom. The van der Waals surface area contributed by atoms with Crippen LogP contribution in [0.4, 0.5) is 0 Å². The van der Waals surface area contributed by atoms with Gasteiger partial charge in [0.25, 0.3) is 0 Å². The van der Waals surface area contributed by atoms with Crippen molar-refractivity contribution in [3.05, 3.63) is 66.4 Å². The smallest absolute Gasteiger partial charge is 0.122 e. The van der Waals surface area contributed by atoms with Gasteiger partial charge in [0.05, 0.1) is 6.54 Å². The summed E-state index contributed by atoms with van der Waals surface area (Å²) in [4.78, 5) is 0. The molecule has 1 aromatic heterocycles. The maximum atomic E-state index is 5.84. The van der Waals surface area contributed by atoms with Crippen molar-refractivity contribution >= 4 is 10.9 Å². The highest BCUT2D eigenvalue weighted by Crippen LogP contribution is 2.17. The number of hydrogen-bond donors (Lipinski definition) is 0. The zero-order valence-electron chi connectivity index (χ0n) is 11.0. The van der Waals surface area contributed by atoms with Crippen LogP contribution in [0, 0.1) is 6.92 Å². The van der Waals surface area contributed by atoms with Crippen LogP contribution in [0.5, 0.6) is 5.75 Å². The van der Waals surface area contributed by atoms with Crippen LogP contribution in [0.2, 0.25) is 0 Å². The SMILES string of the molecule is Cc1ccccc1OCCn1ccc2ccccc21. The van der Waals surface area contributed by atoms with E-state index in [-0.39, 0.29) is 0 Å². The summed E-state index contributed by atoms with van der Waals surface area (Å²) in [6.45, 7) is 3.62. The Bertz CT molecular complexity index is 684. The summed E-state index contributed by atoms with van der Waals surface area (Å²) in [5, 5.41) is 1.28. The minimum absolute atomic E-state index is 0.684. The van der Waals surface area contributed by atoms with Crippen molar-refractivity contribution in [2.45, 2.75) is 13.5 Å². The van der Waals surface area contributed by atoms with E-state index in [9.17, 15) is 0 Å². The molecule has 2 aromatic carbocycles. The molecular formula is C17H17NO. The molecule has 19 heavy (non-hydrogen) atoms. The van der Waals surface area contributed by atoms with Gasteiger partial charge in [-0.15, -0.1) is 0 Å². The lowest BCUT2D eigenvalue weighted by Gasteiger charge is -2.10. The molecule has 0 spiro atoms. The van der Waals surface area contributed by atoms with E-state index < -0.39 is 0 Å². The number of hydrogen-bond acceptors (Lipinski definition) is 1. The first-order chi connectivity index (χ1) is 9.34. The number of benzene rings is 2. The van der Waals surface area contributed by atoms with E-state index in [2.05, 4.69) is 54.1 Å². The molecule has 2 heteroatoms. The molecule has 3 aromatic rings. The summed E-state index contributed by atoms with van der Waals surface area (Å²) in [7, 11) is 0. The van der Waals surface area contributed by atoms with Crippen molar-refractivity contribution in [1.82, 2.24) is 4.57 Å². The third-order valence-corrected chi connectivity index (χ3v) is 3.36. The number of para-hydroxylation sites is 2. The molecule has 0 saturated heterocycles. The van der Waals surface area contributed by atoms with Gasteiger partial charge in [0.1, 0.15) is 12.4 Å². The van der Waals surface area contributed by atoms with Crippen LogP contribution >= 0.6 is 0 Å². The lowest BCUT2D eigenvalue weighted by Crippen LogP contribution is -2.07. The van der Waals surface area contributed by atoms with Gasteiger partial charge >= 0.3 is 0 Å². The minimum atomic E-state index is 0.684. The molecule has 2 nitrogen and oxygen atoms in total. The van der Waals surface area contributed by atoms with Crippen molar-refractivity contribution in [3.8, 4) is 5.75 Å². The normalized spacial score (nSPS) is 10.8. The summed E-state index contributed by atoms with van der Waals surface area (Å²) in [5.41, 5.74) is 2.44. The van der Waals surface area contributed by atoms with Gasteiger partial charge in [-0.25, -0.2) is 0 Å². The average molecular weight is 251 g/mol. The van der Waals surface area contributed by atoms with E-state index in [1.54, 1.807) is 0 Å². The van der Waals surface area contributed by atoms with Crippen LogP contribution in [-0.4, -0.2) is 11.2 Å². The summed E-state index contributed by atoms with van der Waals surface area (Å²) < 4.78 is 8.07. The molecule has 96 valence electrons. The van der Waals surface area contributed by atoms with Gasteiger partial charge in [0, 0.05) is 11.7 Å².